The Kier molecular flexibility index (Phi) is 6.59. The van der Waals surface area contributed by atoms with Crippen LogP contribution in [0.4, 0.5) is 0 Å². The highest BCUT2D eigenvalue weighted by molar-refractivity contribution is 7.89. The van der Waals surface area contributed by atoms with Gasteiger partial charge in [0.05, 0.1) is 18.0 Å². The van der Waals surface area contributed by atoms with Gasteiger partial charge in [-0.3, -0.25) is 4.79 Å². The molecule has 0 saturated carbocycles. The number of hydrogen-bond acceptors (Lipinski definition) is 4. The number of carbonyl (C=O) groups is 1. The van der Waals surface area contributed by atoms with E-state index in [1.165, 1.54) is 10.4 Å². The molecule has 0 bridgehead atoms. The number of para-hydroxylation sites is 1. The Labute approximate surface area is 172 Å². The van der Waals surface area contributed by atoms with Gasteiger partial charge < -0.3 is 10.1 Å². The average molecular weight is 417 g/mol. The van der Waals surface area contributed by atoms with Gasteiger partial charge >= 0.3 is 0 Å². The Bertz CT molecular complexity index is 982. The van der Waals surface area contributed by atoms with Crippen LogP contribution in [0, 0.1) is 6.92 Å². The molecule has 2 aromatic rings. The van der Waals surface area contributed by atoms with Crippen molar-refractivity contribution in [2.45, 2.75) is 44.0 Å². The fraction of sp³-hybridized carbons (Fsp3) is 0.409. The summed E-state index contributed by atoms with van der Waals surface area (Å²) in [5.41, 5.74) is 1.83. The molecule has 1 fully saturated rings. The van der Waals surface area contributed by atoms with Gasteiger partial charge in [0.25, 0.3) is 5.91 Å². The van der Waals surface area contributed by atoms with Crippen LogP contribution in [0.5, 0.6) is 5.75 Å². The summed E-state index contributed by atoms with van der Waals surface area (Å²) in [7, 11) is -2.02. The summed E-state index contributed by atoms with van der Waals surface area (Å²) in [5, 5.41) is 2.94. The normalized spacial score (nSPS) is 16.2. The lowest BCUT2D eigenvalue weighted by atomic mass is 10.1. The molecular weight excluding hydrogens is 388 g/mol. The largest absolute Gasteiger partial charge is 0.496 e. The first-order chi connectivity index (χ1) is 13.8. The summed E-state index contributed by atoms with van der Waals surface area (Å²) in [5.74, 6) is 0.371. The molecule has 1 aliphatic heterocycles. The van der Waals surface area contributed by atoms with E-state index in [9.17, 15) is 13.2 Å². The van der Waals surface area contributed by atoms with Gasteiger partial charge in [0.1, 0.15) is 5.75 Å². The summed E-state index contributed by atoms with van der Waals surface area (Å²) in [4.78, 5) is 13.0. The van der Waals surface area contributed by atoms with Gasteiger partial charge in [-0.25, -0.2) is 8.42 Å². The zero-order valence-electron chi connectivity index (χ0n) is 17.1. The van der Waals surface area contributed by atoms with Crippen LogP contribution in [0.3, 0.4) is 0 Å². The van der Waals surface area contributed by atoms with Crippen molar-refractivity contribution in [3.63, 3.8) is 0 Å². The van der Waals surface area contributed by atoms with Gasteiger partial charge in [0.2, 0.25) is 10.0 Å². The van der Waals surface area contributed by atoms with Crippen LogP contribution in [0.2, 0.25) is 0 Å². The number of nitrogens with zero attached hydrogens (tertiary/aromatic N) is 1. The number of piperidine rings is 1. The molecule has 1 N–H and O–H groups in total. The van der Waals surface area contributed by atoms with Gasteiger partial charge in [0.15, 0.2) is 0 Å². The molecule has 7 heteroatoms. The van der Waals surface area contributed by atoms with E-state index in [0.717, 1.165) is 24.8 Å². The molecule has 1 atom stereocenters. The Morgan fingerprint density at radius 2 is 1.79 bits per heavy atom. The minimum atomic E-state index is -3.61. The van der Waals surface area contributed by atoms with Crippen LogP contribution >= 0.6 is 0 Å². The lowest BCUT2D eigenvalue weighted by Crippen LogP contribution is -2.36. The van der Waals surface area contributed by atoms with Crippen LogP contribution in [-0.4, -0.2) is 38.8 Å². The molecule has 1 aliphatic rings. The molecule has 1 heterocycles. The Morgan fingerprint density at radius 1 is 1.10 bits per heavy atom. The molecule has 3 rings (SSSR count). The maximum absolute atomic E-state index is 13.1. The van der Waals surface area contributed by atoms with Crippen LogP contribution in [0.1, 0.15) is 53.7 Å². The molecule has 0 radical (unpaired) electrons. The van der Waals surface area contributed by atoms with Crippen molar-refractivity contribution in [3.05, 3.63) is 59.2 Å². The van der Waals surface area contributed by atoms with Gasteiger partial charge in [-0.1, -0.05) is 30.7 Å². The second-order valence-corrected chi connectivity index (χ2v) is 9.29. The first-order valence-electron chi connectivity index (χ1n) is 9.89. The number of sulfonamides is 1. The SMILES string of the molecule is COc1ccccc1[C@H](C)NC(=O)c1ccc(C)c(S(=O)(=O)N2CCCCC2)c1. The molecule has 29 heavy (non-hydrogen) atoms. The second-order valence-electron chi connectivity index (χ2n) is 7.38. The topological polar surface area (TPSA) is 75.7 Å². The minimum absolute atomic E-state index is 0.206. The maximum atomic E-state index is 13.1. The van der Waals surface area contributed by atoms with Crippen LogP contribution in [0.25, 0.3) is 0 Å². The van der Waals surface area contributed by atoms with Crippen molar-refractivity contribution < 1.29 is 17.9 Å². The summed E-state index contributed by atoms with van der Waals surface area (Å²) >= 11 is 0. The van der Waals surface area contributed by atoms with E-state index in [1.54, 1.807) is 26.2 Å². The average Bonchev–Trinajstić information content (AvgIpc) is 2.74. The smallest absolute Gasteiger partial charge is 0.251 e. The number of amides is 1. The van der Waals surface area contributed by atoms with E-state index >= 15 is 0 Å². The predicted molar refractivity (Wildman–Crippen MR) is 113 cm³/mol. The van der Waals surface area contributed by atoms with Crippen molar-refractivity contribution in [2.24, 2.45) is 0 Å². The fourth-order valence-electron chi connectivity index (χ4n) is 3.65. The number of hydrogen-bond donors (Lipinski definition) is 1. The van der Waals surface area contributed by atoms with Crippen molar-refractivity contribution in [3.8, 4) is 5.75 Å². The highest BCUT2D eigenvalue weighted by atomic mass is 32.2. The Balaban J connectivity index is 1.84. The molecule has 6 nitrogen and oxygen atoms in total. The number of rotatable bonds is 6. The molecule has 0 aromatic heterocycles. The third-order valence-electron chi connectivity index (χ3n) is 5.34. The number of methoxy groups -OCH3 is 1. The molecule has 156 valence electrons. The monoisotopic (exact) mass is 416 g/mol. The van der Waals surface area contributed by atoms with Crippen LogP contribution in [-0.2, 0) is 10.0 Å². The Hall–Kier alpha value is -2.38. The molecule has 0 unspecified atom stereocenters. The van der Waals surface area contributed by atoms with E-state index < -0.39 is 10.0 Å². The van der Waals surface area contributed by atoms with Crippen LogP contribution < -0.4 is 10.1 Å². The zero-order chi connectivity index (χ0) is 21.0. The number of carbonyl (C=O) groups excluding carboxylic acids is 1. The lowest BCUT2D eigenvalue weighted by Gasteiger charge is -2.26. The number of nitrogens with one attached hydrogen (secondary N) is 1. The van der Waals surface area contributed by atoms with Crippen molar-refractivity contribution in [1.29, 1.82) is 0 Å². The molecular formula is C22H28N2O4S. The molecule has 0 spiro atoms. The van der Waals surface area contributed by atoms with E-state index in [0.29, 0.717) is 30.0 Å². The highest BCUT2D eigenvalue weighted by Gasteiger charge is 2.28. The third-order valence-corrected chi connectivity index (χ3v) is 7.38. The maximum Gasteiger partial charge on any atom is 0.251 e. The summed E-state index contributed by atoms with van der Waals surface area (Å²) < 4.78 is 33.1. The Morgan fingerprint density at radius 3 is 2.48 bits per heavy atom. The lowest BCUT2D eigenvalue weighted by molar-refractivity contribution is 0.0939. The van der Waals surface area contributed by atoms with E-state index in [-0.39, 0.29) is 16.8 Å². The van der Waals surface area contributed by atoms with Gasteiger partial charge in [-0.15, -0.1) is 0 Å². The summed E-state index contributed by atoms with van der Waals surface area (Å²) in [6, 6.07) is 12.0. The molecule has 2 aromatic carbocycles. The van der Waals surface area contributed by atoms with E-state index in [4.69, 9.17) is 4.74 Å². The number of benzene rings is 2. The summed E-state index contributed by atoms with van der Waals surface area (Å²) in [6.45, 7) is 4.69. The molecule has 1 saturated heterocycles. The quantitative estimate of drug-likeness (QED) is 0.780. The zero-order valence-corrected chi connectivity index (χ0v) is 18.0. The second kappa shape index (κ2) is 8.97. The first kappa shape index (κ1) is 21.3. The van der Waals surface area contributed by atoms with Crippen molar-refractivity contribution in [2.75, 3.05) is 20.2 Å². The van der Waals surface area contributed by atoms with Crippen molar-refractivity contribution >= 4 is 15.9 Å². The number of ether oxygens (including phenoxy) is 1. The van der Waals surface area contributed by atoms with Gasteiger partial charge in [-0.2, -0.15) is 4.31 Å². The highest BCUT2D eigenvalue weighted by Crippen LogP contribution is 2.26. The third kappa shape index (κ3) is 4.62. The predicted octanol–water partition coefficient (Wildman–Crippen LogP) is 3.67. The van der Waals surface area contributed by atoms with Gasteiger partial charge in [-0.05, 0) is 50.5 Å². The van der Waals surface area contributed by atoms with E-state index in [2.05, 4.69) is 5.32 Å². The standard InChI is InChI=1S/C22H28N2O4S/c1-16-11-12-18(15-21(16)29(26,27)24-13-7-4-8-14-24)22(25)23-17(2)19-9-5-6-10-20(19)28-3/h5-6,9-12,15,17H,4,7-8,13-14H2,1-3H3,(H,23,25)/t17-/m0/s1. The van der Waals surface area contributed by atoms with Crippen molar-refractivity contribution in [1.82, 2.24) is 9.62 Å². The molecule has 0 aliphatic carbocycles. The number of aryl methyl sites for hydroxylation is 1. The first-order valence-corrected chi connectivity index (χ1v) is 11.3. The minimum Gasteiger partial charge on any atom is -0.496 e. The van der Waals surface area contributed by atoms with E-state index in [1.807, 2.05) is 31.2 Å². The van der Waals surface area contributed by atoms with Gasteiger partial charge in [0, 0.05) is 24.2 Å². The fourth-order valence-corrected chi connectivity index (χ4v) is 5.41. The molecule has 1 amide bonds. The summed E-state index contributed by atoms with van der Waals surface area (Å²) in [6.07, 6.45) is 2.79. The van der Waals surface area contributed by atoms with Crippen LogP contribution in [0.15, 0.2) is 47.4 Å².